The molecule has 0 aromatic rings. The highest BCUT2D eigenvalue weighted by atomic mass is 28.2. The van der Waals surface area contributed by atoms with E-state index in [0.717, 1.165) is 6.42 Å². The Kier molecular flexibility index (Phi) is 3.64. The first-order valence-corrected chi connectivity index (χ1v) is 5.14. The van der Waals surface area contributed by atoms with Crippen molar-refractivity contribution in [2.45, 2.75) is 39.2 Å². The van der Waals surface area contributed by atoms with Crippen molar-refractivity contribution in [3.8, 4) is 0 Å². The van der Waals surface area contributed by atoms with Gasteiger partial charge in [-0.15, -0.1) is 0 Å². The van der Waals surface area contributed by atoms with Crippen LogP contribution in [0, 0.1) is 0 Å². The Morgan fingerprint density at radius 3 is 2.40 bits per heavy atom. The summed E-state index contributed by atoms with van der Waals surface area (Å²) in [5.41, 5.74) is 0. The fourth-order valence-corrected chi connectivity index (χ4v) is 1.47. The molecule has 0 rings (SSSR count). The maximum absolute atomic E-state index is 10.5. The second-order valence-corrected chi connectivity index (χ2v) is 6.05. The van der Waals surface area contributed by atoms with Crippen molar-refractivity contribution >= 4 is 15.6 Å². The van der Waals surface area contributed by atoms with Crippen LogP contribution in [0.2, 0.25) is 5.04 Å². The van der Waals surface area contributed by atoms with Gasteiger partial charge in [0.25, 0.3) is 0 Å². The van der Waals surface area contributed by atoms with Crippen LogP contribution in [-0.2, 0) is 4.79 Å². The van der Waals surface area contributed by atoms with Crippen molar-refractivity contribution in [2.75, 3.05) is 0 Å². The fourth-order valence-electron chi connectivity index (χ4n) is 0.489. The normalized spacial score (nSPS) is 12.4. The van der Waals surface area contributed by atoms with Gasteiger partial charge in [0, 0.05) is 6.92 Å². The summed E-state index contributed by atoms with van der Waals surface area (Å²) in [6.45, 7) is 8.15. The minimum absolute atomic E-state index is 0.119. The zero-order chi connectivity index (χ0) is 8.20. The summed E-state index contributed by atoms with van der Waals surface area (Å²) in [5, 5.41) is 0.381. The summed E-state index contributed by atoms with van der Waals surface area (Å²) < 4.78 is 0. The van der Waals surface area contributed by atoms with Gasteiger partial charge in [-0.1, -0.05) is 27.2 Å². The molecule has 0 bridgehead atoms. The Bertz CT molecular complexity index is 123. The van der Waals surface area contributed by atoms with Crippen molar-refractivity contribution in [3.05, 3.63) is 0 Å². The molecule has 2 nitrogen and oxygen atoms in total. The lowest BCUT2D eigenvalue weighted by Crippen LogP contribution is -2.31. The fraction of sp³-hybridized carbons (Fsp3) is 0.857. The third-order valence-corrected chi connectivity index (χ3v) is 3.90. The maximum Gasteiger partial charge on any atom is 0.208 e. The Morgan fingerprint density at radius 2 is 2.10 bits per heavy atom. The summed E-state index contributed by atoms with van der Waals surface area (Å²) in [7, 11) is -0.408. The van der Waals surface area contributed by atoms with Gasteiger partial charge >= 0.3 is 0 Å². The smallest absolute Gasteiger partial charge is 0.208 e. The van der Waals surface area contributed by atoms with Crippen molar-refractivity contribution in [1.29, 1.82) is 0 Å². The van der Waals surface area contributed by atoms with Gasteiger partial charge in [0.15, 0.2) is 0 Å². The number of amides is 1. The molecular formula is C7H17NOSi. The number of nitrogens with one attached hydrogen (secondary N) is 1. The number of rotatable bonds is 3. The van der Waals surface area contributed by atoms with Crippen molar-refractivity contribution in [3.63, 3.8) is 0 Å². The molecule has 0 fully saturated rings. The predicted octanol–water partition coefficient (Wildman–Crippen LogP) is 0.815. The third kappa shape index (κ3) is 4.55. The molecule has 10 heavy (non-hydrogen) atoms. The number of hydrogen-bond donors (Lipinski definition) is 1. The first-order chi connectivity index (χ1) is 4.48. The molecule has 0 unspecified atom stereocenters. The highest BCUT2D eigenvalue weighted by Crippen LogP contribution is 2.24. The lowest BCUT2D eigenvalue weighted by Gasteiger charge is -2.21. The molecule has 1 amide bonds. The van der Waals surface area contributed by atoms with E-state index in [4.69, 9.17) is 0 Å². The monoisotopic (exact) mass is 159 g/mol. The minimum Gasteiger partial charge on any atom is -0.387 e. The van der Waals surface area contributed by atoms with Gasteiger partial charge in [-0.25, -0.2) is 0 Å². The number of hydrogen-bond acceptors (Lipinski definition) is 1. The van der Waals surface area contributed by atoms with Gasteiger partial charge in [0.1, 0.15) is 9.68 Å². The molecule has 0 aliphatic carbocycles. The summed E-state index contributed by atoms with van der Waals surface area (Å²) in [6, 6.07) is 0. The molecule has 0 spiro atoms. The van der Waals surface area contributed by atoms with Crippen molar-refractivity contribution in [2.24, 2.45) is 0 Å². The quantitative estimate of drug-likeness (QED) is 0.607. The van der Waals surface area contributed by atoms with Crippen LogP contribution in [0.3, 0.4) is 0 Å². The second-order valence-electron chi connectivity index (χ2n) is 3.43. The van der Waals surface area contributed by atoms with E-state index in [9.17, 15) is 4.79 Å². The van der Waals surface area contributed by atoms with Crippen LogP contribution in [0.1, 0.15) is 34.1 Å². The van der Waals surface area contributed by atoms with E-state index in [1.807, 2.05) is 0 Å². The molecular weight excluding hydrogens is 142 g/mol. The molecule has 3 heteroatoms. The zero-order valence-electron chi connectivity index (χ0n) is 7.32. The number of carbonyl (C=O) groups excluding carboxylic acids is 1. The molecule has 0 aliphatic heterocycles. The van der Waals surface area contributed by atoms with Crippen molar-refractivity contribution < 1.29 is 4.79 Å². The maximum atomic E-state index is 10.5. The van der Waals surface area contributed by atoms with E-state index < -0.39 is 9.68 Å². The van der Waals surface area contributed by atoms with Gasteiger partial charge in [0.2, 0.25) is 5.91 Å². The molecule has 0 saturated heterocycles. The Hall–Kier alpha value is -0.313. The van der Waals surface area contributed by atoms with Crippen LogP contribution in [-0.4, -0.2) is 15.6 Å². The molecule has 0 radical (unpaired) electrons. The summed E-state index contributed by atoms with van der Waals surface area (Å²) in [6.07, 6.45) is 1.15. The Labute approximate surface area is 65.3 Å². The Morgan fingerprint density at radius 1 is 1.60 bits per heavy atom. The van der Waals surface area contributed by atoms with Crippen LogP contribution < -0.4 is 4.98 Å². The summed E-state index contributed by atoms with van der Waals surface area (Å²) in [5.74, 6) is 0.119. The molecule has 60 valence electrons. The molecule has 0 aliphatic rings. The summed E-state index contributed by atoms with van der Waals surface area (Å²) in [4.78, 5) is 13.5. The molecule has 1 N–H and O–H groups in total. The van der Waals surface area contributed by atoms with Crippen LogP contribution in [0.5, 0.6) is 0 Å². The topological polar surface area (TPSA) is 29.1 Å². The van der Waals surface area contributed by atoms with Gasteiger partial charge in [-0.2, -0.15) is 0 Å². The highest BCUT2D eigenvalue weighted by Gasteiger charge is 2.15. The number of carbonyl (C=O) groups is 1. The lowest BCUT2D eigenvalue weighted by atomic mass is 10.1. The SMILES string of the molecule is CCC(C)(C)[SiH2]NC(C)=O. The van der Waals surface area contributed by atoms with E-state index >= 15 is 0 Å². The van der Waals surface area contributed by atoms with Gasteiger partial charge in [-0.3, -0.25) is 4.79 Å². The third-order valence-electron chi connectivity index (χ3n) is 1.77. The first kappa shape index (κ1) is 9.69. The molecule has 0 atom stereocenters. The zero-order valence-corrected chi connectivity index (χ0v) is 8.74. The minimum atomic E-state index is -0.408. The predicted molar refractivity (Wildman–Crippen MR) is 46.7 cm³/mol. The van der Waals surface area contributed by atoms with Crippen LogP contribution in [0.15, 0.2) is 0 Å². The first-order valence-electron chi connectivity index (χ1n) is 3.72. The standard InChI is InChI=1S/C7H17NOSi/c1-5-7(3,4)10-8-6(2)9/h5,10H2,1-4H3,(H,8,9). The average Bonchev–Trinajstić information content (AvgIpc) is 1.85. The van der Waals surface area contributed by atoms with E-state index in [-0.39, 0.29) is 5.91 Å². The average molecular weight is 159 g/mol. The van der Waals surface area contributed by atoms with Crippen LogP contribution in [0.25, 0.3) is 0 Å². The van der Waals surface area contributed by atoms with Gasteiger partial charge in [0.05, 0.1) is 0 Å². The van der Waals surface area contributed by atoms with E-state index in [0.29, 0.717) is 5.04 Å². The van der Waals surface area contributed by atoms with Gasteiger partial charge in [-0.05, 0) is 5.04 Å². The lowest BCUT2D eigenvalue weighted by molar-refractivity contribution is -0.117. The van der Waals surface area contributed by atoms with Crippen molar-refractivity contribution in [1.82, 2.24) is 4.98 Å². The van der Waals surface area contributed by atoms with Gasteiger partial charge < -0.3 is 4.98 Å². The molecule has 0 heterocycles. The Balaban J connectivity index is 3.56. The molecule has 0 saturated carbocycles. The molecule has 0 aromatic heterocycles. The van der Waals surface area contributed by atoms with Crippen LogP contribution in [0.4, 0.5) is 0 Å². The summed E-state index contributed by atoms with van der Waals surface area (Å²) >= 11 is 0. The van der Waals surface area contributed by atoms with E-state index in [1.54, 1.807) is 6.92 Å². The van der Waals surface area contributed by atoms with E-state index in [2.05, 4.69) is 25.8 Å². The largest absolute Gasteiger partial charge is 0.387 e. The highest BCUT2D eigenvalue weighted by molar-refractivity contribution is 6.40. The van der Waals surface area contributed by atoms with Crippen LogP contribution >= 0.6 is 0 Å². The molecule has 0 aromatic carbocycles. The van der Waals surface area contributed by atoms with E-state index in [1.165, 1.54) is 0 Å². The second kappa shape index (κ2) is 3.76.